The van der Waals surface area contributed by atoms with Gasteiger partial charge in [0.05, 0.1) is 11.7 Å². The van der Waals surface area contributed by atoms with Crippen molar-refractivity contribution in [2.45, 2.75) is 52.5 Å². The molecule has 0 radical (unpaired) electrons. The minimum atomic E-state index is 0.0583. The van der Waals surface area contributed by atoms with Crippen LogP contribution in [-0.2, 0) is 11.2 Å². The van der Waals surface area contributed by atoms with Crippen molar-refractivity contribution in [2.75, 3.05) is 6.54 Å². The lowest BCUT2D eigenvalue weighted by Crippen LogP contribution is -2.30. The van der Waals surface area contributed by atoms with Gasteiger partial charge in [0, 0.05) is 19.0 Å². The zero-order chi connectivity index (χ0) is 16.4. The molecule has 1 atom stereocenters. The number of likely N-dealkylation sites (tertiary alicyclic amines) is 1. The van der Waals surface area contributed by atoms with E-state index in [-0.39, 0.29) is 11.9 Å². The summed E-state index contributed by atoms with van der Waals surface area (Å²) in [6.45, 7) is 6.92. The topological polar surface area (TPSA) is 46.3 Å². The van der Waals surface area contributed by atoms with Crippen molar-refractivity contribution >= 4 is 5.91 Å². The van der Waals surface area contributed by atoms with Gasteiger partial charge in [-0.1, -0.05) is 34.5 Å². The van der Waals surface area contributed by atoms with Gasteiger partial charge in [0.1, 0.15) is 0 Å². The lowest BCUT2D eigenvalue weighted by atomic mass is 10.0. The van der Waals surface area contributed by atoms with Crippen molar-refractivity contribution in [2.24, 2.45) is 0 Å². The molecule has 1 aromatic carbocycles. The number of carbonyl (C=O) groups excluding carboxylic acids is 1. The summed E-state index contributed by atoms with van der Waals surface area (Å²) in [6, 6.07) is 8.50. The predicted molar refractivity (Wildman–Crippen MR) is 89.2 cm³/mol. The van der Waals surface area contributed by atoms with Crippen LogP contribution < -0.4 is 0 Å². The molecule has 0 aliphatic carbocycles. The summed E-state index contributed by atoms with van der Waals surface area (Å²) in [5, 5.41) is 3.95. The maximum atomic E-state index is 12.6. The Labute approximate surface area is 137 Å². The van der Waals surface area contributed by atoms with Gasteiger partial charge in [-0.2, -0.15) is 0 Å². The molecule has 2 aromatic rings. The van der Waals surface area contributed by atoms with E-state index in [9.17, 15) is 4.79 Å². The summed E-state index contributed by atoms with van der Waals surface area (Å²) < 4.78 is 5.38. The molecule has 1 aromatic heterocycles. The smallest absolute Gasteiger partial charge is 0.223 e. The highest BCUT2D eigenvalue weighted by atomic mass is 16.5. The van der Waals surface area contributed by atoms with Crippen LogP contribution >= 0.6 is 0 Å². The molecule has 4 nitrogen and oxygen atoms in total. The van der Waals surface area contributed by atoms with Gasteiger partial charge in [0.15, 0.2) is 5.76 Å². The quantitative estimate of drug-likeness (QED) is 0.860. The van der Waals surface area contributed by atoms with Crippen LogP contribution in [0, 0.1) is 20.8 Å². The molecule has 1 aliphatic rings. The first-order chi connectivity index (χ1) is 11.0. The Morgan fingerprint density at radius 3 is 2.61 bits per heavy atom. The number of nitrogens with zero attached hydrogens (tertiary/aromatic N) is 2. The predicted octanol–water partition coefficient (Wildman–Crippen LogP) is 3.90. The summed E-state index contributed by atoms with van der Waals surface area (Å²) in [5.41, 5.74) is 4.61. The Kier molecular flexibility index (Phi) is 4.51. The van der Waals surface area contributed by atoms with Crippen LogP contribution in [0.4, 0.5) is 0 Å². The van der Waals surface area contributed by atoms with E-state index in [0.29, 0.717) is 6.42 Å². The van der Waals surface area contributed by atoms with E-state index in [2.05, 4.69) is 37.2 Å². The van der Waals surface area contributed by atoms with Gasteiger partial charge in [-0.05, 0) is 45.6 Å². The van der Waals surface area contributed by atoms with Crippen molar-refractivity contribution in [3.63, 3.8) is 0 Å². The van der Waals surface area contributed by atoms with E-state index < -0.39 is 0 Å². The van der Waals surface area contributed by atoms with Crippen molar-refractivity contribution in [3.05, 3.63) is 52.4 Å². The summed E-state index contributed by atoms with van der Waals surface area (Å²) >= 11 is 0. The first kappa shape index (κ1) is 15.8. The fourth-order valence-corrected chi connectivity index (χ4v) is 3.51. The Balaban J connectivity index is 1.65. The molecule has 1 saturated heterocycles. The van der Waals surface area contributed by atoms with E-state index in [0.717, 1.165) is 37.3 Å². The zero-order valence-electron chi connectivity index (χ0n) is 14.1. The van der Waals surface area contributed by atoms with Gasteiger partial charge in [0.2, 0.25) is 5.91 Å². The Hall–Kier alpha value is -2.10. The van der Waals surface area contributed by atoms with Crippen molar-refractivity contribution in [1.29, 1.82) is 0 Å². The number of rotatable bonds is 4. The second-order valence-electron chi connectivity index (χ2n) is 6.61. The van der Waals surface area contributed by atoms with E-state index in [1.54, 1.807) is 0 Å². The van der Waals surface area contributed by atoms with Crippen LogP contribution in [0.1, 0.15) is 53.4 Å². The maximum absolute atomic E-state index is 12.6. The first-order valence-corrected chi connectivity index (χ1v) is 8.33. The molecule has 0 bridgehead atoms. The molecular formula is C19H24N2O2. The Bertz CT molecular complexity index is 685. The van der Waals surface area contributed by atoms with Crippen LogP contribution in [0.3, 0.4) is 0 Å². The SMILES string of the molecule is Cc1cc(C)cc(CCC(=O)N2CCCC2c2cc(C)no2)c1. The zero-order valence-corrected chi connectivity index (χ0v) is 14.1. The third-order valence-electron chi connectivity index (χ3n) is 4.46. The third kappa shape index (κ3) is 3.63. The molecule has 122 valence electrons. The fourth-order valence-electron chi connectivity index (χ4n) is 3.51. The van der Waals surface area contributed by atoms with Crippen LogP contribution in [0.15, 0.2) is 28.8 Å². The molecule has 0 spiro atoms. The summed E-state index contributed by atoms with van der Waals surface area (Å²) in [6.07, 6.45) is 3.33. The molecule has 23 heavy (non-hydrogen) atoms. The molecule has 0 N–H and O–H groups in total. The van der Waals surface area contributed by atoms with E-state index in [1.165, 1.54) is 16.7 Å². The van der Waals surface area contributed by atoms with Crippen molar-refractivity contribution in [3.8, 4) is 0 Å². The summed E-state index contributed by atoms with van der Waals surface area (Å²) in [7, 11) is 0. The molecule has 1 aliphatic heterocycles. The highest BCUT2D eigenvalue weighted by Gasteiger charge is 2.32. The van der Waals surface area contributed by atoms with Gasteiger partial charge in [0.25, 0.3) is 0 Å². The Morgan fingerprint density at radius 1 is 1.22 bits per heavy atom. The lowest BCUT2D eigenvalue weighted by Gasteiger charge is -2.22. The van der Waals surface area contributed by atoms with E-state index in [4.69, 9.17) is 4.52 Å². The van der Waals surface area contributed by atoms with Crippen molar-refractivity contribution in [1.82, 2.24) is 10.1 Å². The highest BCUT2D eigenvalue weighted by Crippen LogP contribution is 2.32. The molecule has 0 saturated carbocycles. The van der Waals surface area contributed by atoms with Gasteiger partial charge >= 0.3 is 0 Å². The number of aromatic nitrogens is 1. The van der Waals surface area contributed by atoms with Crippen LogP contribution in [0.5, 0.6) is 0 Å². The number of benzene rings is 1. The number of hydrogen-bond donors (Lipinski definition) is 0. The number of amides is 1. The minimum absolute atomic E-state index is 0.0583. The van der Waals surface area contributed by atoms with Crippen LogP contribution in [0.25, 0.3) is 0 Å². The average Bonchev–Trinajstić information content (AvgIpc) is 3.12. The lowest BCUT2D eigenvalue weighted by molar-refractivity contribution is -0.132. The molecule has 2 heterocycles. The standard InChI is InChI=1S/C19H24N2O2/c1-13-9-14(2)11-16(10-13)6-7-19(22)21-8-4-5-17(21)18-12-15(3)20-23-18/h9-12,17H,4-8H2,1-3H3. The Morgan fingerprint density at radius 2 is 1.96 bits per heavy atom. The van der Waals surface area contributed by atoms with Gasteiger partial charge in [-0.3, -0.25) is 4.79 Å². The molecule has 1 fully saturated rings. The normalized spacial score (nSPS) is 17.7. The third-order valence-corrected chi connectivity index (χ3v) is 4.46. The fraction of sp³-hybridized carbons (Fsp3) is 0.474. The molecule has 1 unspecified atom stereocenters. The van der Waals surface area contributed by atoms with Gasteiger partial charge in [-0.25, -0.2) is 0 Å². The second-order valence-corrected chi connectivity index (χ2v) is 6.61. The molecule has 1 amide bonds. The summed E-state index contributed by atoms with van der Waals surface area (Å²) in [5.74, 6) is 1.03. The van der Waals surface area contributed by atoms with Crippen LogP contribution in [-0.4, -0.2) is 22.5 Å². The average molecular weight is 312 g/mol. The highest BCUT2D eigenvalue weighted by molar-refractivity contribution is 5.77. The second kappa shape index (κ2) is 6.57. The minimum Gasteiger partial charge on any atom is -0.359 e. The number of carbonyl (C=O) groups is 1. The number of aryl methyl sites for hydroxylation is 4. The summed E-state index contributed by atoms with van der Waals surface area (Å²) in [4.78, 5) is 14.6. The van der Waals surface area contributed by atoms with E-state index >= 15 is 0 Å². The molecular weight excluding hydrogens is 288 g/mol. The van der Waals surface area contributed by atoms with Crippen molar-refractivity contribution < 1.29 is 9.32 Å². The first-order valence-electron chi connectivity index (χ1n) is 8.33. The number of hydrogen-bond acceptors (Lipinski definition) is 3. The maximum Gasteiger partial charge on any atom is 0.223 e. The van der Waals surface area contributed by atoms with Crippen LogP contribution in [0.2, 0.25) is 0 Å². The van der Waals surface area contributed by atoms with E-state index in [1.807, 2.05) is 17.9 Å². The van der Waals surface area contributed by atoms with Gasteiger partial charge in [-0.15, -0.1) is 0 Å². The van der Waals surface area contributed by atoms with Gasteiger partial charge < -0.3 is 9.42 Å². The molecule has 4 heteroatoms. The largest absolute Gasteiger partial charge is 0.359 e. The molecule has 3 rings (SSSR count). The monoisotopic (exact) mass is 312 g/mol.